The monoisotopic (exact) mass is 383 g/mol. The minimum Gasteiger partial charge on any atom is -0.453 e. The normalized spacial score (nSPS) is 12.7. The number of amides is 1. The Morgan fingerprint density at radius 3 is 2.36 bits per heavy atom. The number of benzene rings is 2. The van der Waals surface area contributed by atoms with Crippen molar-refractivity contribution in [1.29, 1.82) is 0 Å². The van der Waals surface area contributed by atoms with E-state index in [-0.39, 0.29) is 0 Å². The van der Waals surface area contributed by atoms with Crippen LogP contribution in [0.3, 0.4) is 0 Å². The number of ether oxygens (including phenoxy) is 2. The zero-order valence-corrected chi connectivity index (χ0v) is 17.5. The molecular formula is C22H29N3O3. The molecule has 0 bridgehead atoms. The number of rotatable bonds is 3. The van der Waals surface area contributed by atoms with Crippen molar-refractivity contribution in [2.24, 2.45) is 0 Å². The van der Waals surface area contributed by atoms with Gasteiger partial charge in [-0.05, 0) is 65.3 Å². The van der Waals surface area contributed by atoms with E-state index < -0.39 is 11.7 Å². The number of hydrogen-bond donors (Lipinski definition) is 1. The molecule has 0 radical (unpaired) electrons. The summed E-state index contributed by atoms with van der Waals surface area (Å²) in [5, 5.41) is 0. The number of aryl methyl sites for hydroxylation is 1. The van der Waals surface area contributed by atoms with Crippen molar-refractivity contribution in [1.82, 2.24) is 0 Å². The summed E-state index contributed by atoms with van der Waals surface area (Å²) in [5.41, 5.74) is 9.29. The second kappa shape index (κ2) is 7.26. The standard InChI is InChI=1S/C22H29N3O3/c1-7-24(8-2)15-9-10-17-19(12-15)27-20-13-16(23)14(3)11-18(20)25(17)21(26)28-22(4,5)6/h9-13H,7-8,23H2,1-6H3. The van der Waals surface area contributed by atoms with E-state index >= 15 is 0 Å². The van der Waals surface area contributed by atoms with Crippen molar-refractivity contribution in [2.45, 2.75) is 47.1 Å². The molecule has 0 fully saturated rings. The summed E-state index contributed by atoms with van der Waals surface area (Å²) < 4.78 is 11.8. The third-order valence-corrected chi connectivity index (χ3v) is 4.70. The molecule has 1 aliphatic rings. The molecule has 6 nitrogen and oxygen atoms in total. The van der Waals surface area contributed by atoms with Crippen molar-refractivity contribution in [3.05, 3.63) is 35.9 Å². The van der Waals surface area contributed by atoms with Crippen LogP contribution >= 0.6 is 0 Å². The smallest absolute Gasteiger partial charge is 0.419 e. The van der Waals surface area contributed by atoms with Gasteiger partial charge >= 0.3 is 6.09 Å². The predicted octanol–water partition coefficient (Wildman–Crippen LogP) is 5.60. The molecule has 0 aliphatic carbocycles. The Morgan fingerprint density at radius 2 is 1.75 bits per heavy atom. The lowest BCUT2D eigenvalue weighted by Gasteiger charge is -2.34. The van der Waals surface area contributed by atoms with Crippen LogP contribution in [0, 0.1) is 6.92 Å². The van der Waals surface area contributed by atoms with Gasteiger partial charge in [-0.2, -0.15) is 0 Å². The van der Waals surface area contributed by atoms with Crippen LogP contribution in [0.1, 0.15) is 40.2 Å². The number of nitrogens with zero attached hydrogens (tertiary/aromatic N) is 2. The van der Waals surface area contributed by atoms with Crippen LogP contribution in [0.2, 0.25) is 0 Å². The molecule has 28 heavy (non-hydrogen) atoms. The number of nitrogen functional groups attached to an aromatic ring is 1. The molecule has 2 aromatic carbocycles. The first-order chi connectivity index (χ1) is 13.1. The Morgan fingerprint density at radius 1 is 1.11 bits per heavy atom. The molecule has 150 valence electrons. The lowest BCUT2D eigenvalue weighted by atomic mass is 10.1. The summed E-state index contributed by atoms with van der Waals surface area (Å²) in [6.45, 7) is 13.4. The van der Waals surface area contributed by atoms with Gasteiger partial charge in [-0.25, -0.2) is 9.69 Å². The van der Waals surface area contributed by atoms with Gasteiger partial charge < -0.3 is 20.1 Å². The Kier molecular flexibility index (Phi) is 5.15. The molecule has 0 saturated heterocycles. The number of carbonyl (C=O) groups is 1. The Labute approximate surface area is 166 Å². The Balaban J connectivity index is 2.13. The SMILES string of the molecule is CCN(CC)c1ccc2c(c1)Oc1cc(N)c(C)cc1N2C(=O)OC(C)(C)C. The van der Waals surface area contributed by atoms with Gasteiger partial charge in [0, 0.05) is 36.6 Å². The number of anilines is 4. The molecule has 1 aliphatic heterocycles. The number of fused-ring (bicyclic) bond motifs is 2. The molecule has 0 atom stereocenters. The van der Waals surface area contributed by atoms with E-state index in [0.717, 1.165) is 24.3 Å². The molecule has 2 N–H and O–H groups in total. The van der Waals surface area contributed by atoms with E-state index in [2.05, 4.69) is 18.7 Å². The number of nitrogens with two attached hydrogens (primary N) is 1. The van der Waals surface area contributed by atoms with E-state index in [1.165, 1.54) is 0 Å². The molecule has 0 saturated carbocycles. The van der Waals surface area contributed by atoms with Crippen LogP contribution in [0.4, 0.5) is 27.5 Å². The van der Waals surface area contributed by atoms with Crippen LogP contribution < -0.4 is 20.3 Å². The summed E-state index contributed by atoms with van der Waals surface area (Å²) >= 11 is 0. The van der Waals surface area contributed by atoms with Crippen molar-refractivity contribution >= 4 is 28.8 Å². The first-order valence-corrected chi connectivity index (χ1v) is 9.64. The van der Waals surface area contributed by atoms with Crippen LogP contribution in [0.25, 0.3) is 0 Å². The maximum Gasteiger partial charge on any atom is 0.419 e. The van der Waals surface area contributed by atoms with Crippen molar-refractivity contribution in [3.63, 3.8) is 0 Å². The minimum atomic E-state index is -0.611. The summed E-state index contributed by atoms with van der Waals surface area (Å²) in [4.78, 5) is 16.9. The van der Waals surface area contributed by atoms with Gasteiger partial charge in [-0.15, -0.1) is 0 Å². The van der Waals surface area contributed by atoms with Crippen molar-refractivity contribution < 1.29 is 14.3 Å². The maximum atomic E-state index is 13.1. The van der Waals surface area contributed by atoms with Crippen LogP contribution in [-0.2, 0) is 4.74 Å². The highest BCUT2D eigenvalue weighted by Crippen LogP contribution is 2.49. The Bertz CT molecular complexity index is 899. The average molecular weight is 383 g/mol. The molecule has 6 heteroatoms. The second-order valence-corrected chi connectivity index (χ2v) is 7.92. The average Bonchev–Trinajstić information content (AvgIpc) is 2.60. The molecule has 0 spiro atoms. The molecule has 1 heterocycles. The van der Waals surface area contributed by atoms with E-state index in [1.807, 2.05) is 52.0 Å². The first kappa shape index (κ1) is 19.9. The van der Waals surface area contributed by atoms with Gasteiger partial charge in [0.2, 0.25) is 0 Å². The third-order valence-electron chi connectivity index (χ3n) is 4.70. The second-order valence-electron chi connectivity index (χ2n) is 7.92. The molecule has 0 unspecified atom stereocenters. The van der Waals surface area contributed by atoms with E-state index in [1.54, 1.807) is 11.0 Å². The van der Waals surface area contributed by atoms with E-state index in [0.29, 0.717) is 28.6 Å². The molecular weight excluding hydrogens is 354 g/mol. The zero-order valence-electron chi connectivity index (χ0n) is 17.5. The molecule has 0 aromatic heterocycles. The van der Waals surface area contributed by atoms with Gasteiger partial charge in [0.25, 0.3) is 0 Å². The van der Waals surface area contributed by atoms with Gasteiger partial charge in [-0.3, -0.25) is 0 Å². The third kappa shape index (κ3) is 3.72. The zero-order chi connectivity index (χ0) is 20.6. The van der Waals surface area contributed by atoms with Crippen LogP contribution in [0.5, 0.6) is 11.5 Å². The van der Waals surface area contributed by atoms with Crippen LogP contribution in [0.15, 0.2) is 30.3 Å². The summed E-state index contributed by atoms with van der Waals surface area (Å²) in [7, 11) is 0. The Hall–Kier alpha value is -2.89. The molecule has 1 amide bonds. The van der Waals surface area contributed by atoms with Gasteiger partial charge in [-0.1, -0.05) is 0 Å². The first-order valence-electron chi connectivity index (χ1n) is 9.64. The van der Waals surface area contributed by atoms with Gasteiger partial charge in [0.05, 0.1) is 11.4 Å². The highest BCUT2D eigenvalue weighted by molar-refractivity contribution is 6.01. The molecule has 2 aromatic rings. The fraction of sp³-hybridized carbons (Fsp3) is 0.409. The molecule has 3 rings (SSSR count). The summed E-state index contributed by atoms with van der Waals surface area (Å²) in [6, 6.07) is 9.48. The fourth-order valence-corrected chi connectivity index (χ4v) is 3.25. The van der Waals surface area contributed by atoms with Gasteiger partial charge in [0.15, 0.2) is 11.5 Å². The summed E-state index contributed by atoms with van der Waals surface area (Å²) in [5.74, 6) is 1.14. The predicted molar refractivity (Wildman–Crippen MR) is 114 cm³/mol. The highest BCUT2D eigenvalue weighted by Gasteiger charge is 2.33. The van der Waals surface area contributed by atoms with Crippen molar-refractivity contribution in [3.8, 4) is 11.5 Å². The highest BCUT2D eigenvalue weighted by atomic mass is 16.6. The van der Waals surface area contributed by atoms with E-state index in [9.17, 15) is 4.79 Å². The maximum absolute atomic E-state index is 13.1. The van der Waals surface area contributed by atoms with E-state index in [4.69, 9.17) is 15.2 Å². The lowest BCUT2D eigenvalue weighted by molar-refractivity contribution is 0.0596. The number of hydrogen-bond acceptors (Lipinski definition) is 5. The number of carbonyl (C=O) groups excluding carboxylic acids is 1. The largest absolute Gasteiger partial charge is 0.453 e. The summed E-state index contributed by atoms with van der Waals surface area (Å²) in [6.07, 6.45) is -0.446. The minimum absolute atomic E-state index is 0.446. The quantitative estimate of drug-likeness (QED) is 0.699. The van der Waals surface area contributed by atoms with Crippen LogP contribution in [-0.4, -0.2) is 24.8 Å². The van der Waals surface area contributed by atoms with Crippen molar-refractivity contribution in [2.75, 3.05) is 28.6 Å². The fourth-order valence-electron chi connectivity index (χ4n) is 3.25. The van der Waals surface area contributed by atoms with Gasteiger partial charge in [0.1, 0.15) is 5.60 Å². The topological polar surface area (TPSA) is 68.0 Å². The lowest BCUT2D eigenvalue weighted by Crippen LogP contribution is -2.35.